The number of hydrogen-bond acceptors (Lipinski definition) is 2. The van der Waals surface area contributed by atoms with Gasteiger partial charge in [-0.05, 0) is 13.8 Å². The van der Waals surface area contributed by atoms with Crippen molar-refractivity contribution in [3.05, 3.63) is 0 Å². The molecular weight excluding hydrogens is 105 g/mol. The van der Waals surface area contributed by atoms with Crippen molar-refractivity contribution in [1.29, 1.82) is 0 Å². The average Bonchev–Trinajstić information content (AvgIpc) is 1.65. The van der Waals surface area contributed by atoms with Crippen molar-refractivity contribution in [3.8, 4) is 0 Å². The molecule has 0 saturated carbocycles. The molecule has 0 bridgehead atoms. The van der Waals surface area contributed by atoms with E-state index in [1.165, 1.54) is 0 Å². The highest BCUT2D eigenvalue weighted by atomic mass is 16.5. The van der Waals surface area contributed by atoms with Crippen LogP contribution in [0.4, 0.5) is 4.79 Å². The maximum absolute atomic E-state index is 10.2. The van der Waals surface area contributed by atoms with Crippen LogP contribution >= 0.6 is 0 Å². The Hall–Kier alpha value is -0.665. The summed E-state index contributed by atoms with van der Waals surface area (Å²) in [5, 5.41) is 2.41. The van der Waals surface area contributed by atoms with Gasteiger partial charge < -0.3 is 9.97 Å². The standard InChI is InChI=1S/C4H8BNO2/c1-3(2)6-4(7)8-5/h3H,1-2H3,(H,6,7). The first-order valence-electron chi connectivity index (χ1n) is 2.34. The molecule has 0 aliphatic rings. The molecule has 0 aromatic carbocycles. The van der Waals surface area contributed by atoms with E-state index >= 15 is 0 Å². The molecule has 3 nitrogen and oxygen atoms in total. The van der Waals surface area contributed by atoms with E-state index in [2.05, 4.69) is 18.0 Å². The Morgan fingerprint density at radius 1 is 1.75 bits per heavy atom. The van der Waals surface area contributed by atoms with Crippen molar-refractivity contribution in [2.75, 3.05) is 0 Å². The minimum atomic E-state index is -0.597. The molecule has 44 valence electrons. The summed E-state index contributed by atoms with van der Waals surface area (Å²) < 4.78 is 3.81. The molecular formula is C4H8BNO2. The zero-order valence-electron chi connectivity index (χ0n) is 4.97. The van der Waals surface area contributed by atoms with Crippen molar-refractivity contribution < 1.29 is 9.45 Å². The third kappa shape index (κ3) is 3.52. The molecule has 1 amide bonds. The van der Waals surface area contributed by atoms with E-state index < -0.39 is 6.09 Å². The van der Waals surface area contributed by atoms with Crippen LogP contribution in [0.3, 0.4) is 0 Å². The van der Waals surface area contributed by atoms with E-state index in [9.17, 15) is 4.79 Å². The van der Waals surface area contributed by atoms with E-state index in [1.807, 2.05) is 13.8 Å². The summed E-state index contributed by atoms with van der Waals surface area (Å²) in [4.78, 5) is 10.2. The highest BCUT2D eigenvalue weighted by Gasteiger charge is 1.97. The molecule has 0 aromatic heterocycles. The van der Waals surface area contributed by atoms with Gasteiger partial charge in [0.15, 0.2) is 0 Å². The maximum atomic E-state index is 10.2. The summed E-state index contributed by atoms with van der Waals surface area (Å²) in [6.07, 6.45) is -0.597. The summed E-state index contributed by atoms with van der Waals surface area (Å²) in [6.45, 7) is 3.63. The fourth-order valence-corrected chi connectivity index (χ4v) is 0.270. The van der Waals surface area contributed by atoms with Crippen LogP contribution in [-0.4, -0.2) is 20.2 Å². The maximum Gasteiger partial charge on any atom is 0.388 e. The SMILES string of the molecule is [B]OC(=O)NC(C)C. The Morgan fingerprint density at radius 2 is 2.25 bits per heavy atom. The van der Waals surface area contributed by atoms with Gasteiger partial charge in [0.1, 0.15) is 0 Å². The van der Waals surface area contributed by atoms with Crippen molar-refractivity contribution in [1.82, 2.24) is 5.32 Å². The van der Waals surface area contributed by atoms with Gasteiger partial charge >= 0.3 is 14.1 Å². The van der Waals surface area contributed by atoms with Crippen molar-refractivity contribution >= 4 is 14.1 Å². The van der Waals surface area contributed by atoms with Crippen molar-refractivity contribution in [2.45, 2.75) is 19.9 Å². The highest BCUT2D eigenvalue weighted by Crippen LogP contribution is 1.76. The molecule has 1 N–H and O–H groups in total. The Balaban J connectivity index is 3.25. The highest BCUT2D eigenvalue weighted by molar-refractivity contribution is 6.05. The number of carbonyl (C=O) groups is 1. The number of rotatable bonds is 1. The predicted molar refractivity (Wildman–Crippen MR) is 30.5 cm³/mol. The monoisotopic (exact) mass is 113 g/mol. The summed E-state index contributed by atoms with van der Waals surface area (Å²) in [7, 11) is 4.51. The Morgan fingerprint density at radius 3 is 2.38 bits per heavy atom. The number of carbonyl (C=O) groups excluding carboxylic acids is 1. The third-order valence-corrected chi connectivity index (χ3v) is 0.514. The number of hydrogen-bond donors (Lipinski definition) is 1. The lowest BCUT2D eigenvalue weighted by atomic mass is 10.4. The lowest BCUT2D eigenvalue weighted by molar-refractivity contribution is 0.202. The van der Waals surface area contributed by atoms with Crippen molar-refractivity contribution in [2.24, 2.45) is 0 Å². The van der Waals surface area contributed by atoms with Gasteiger partial charge in [-0.2, -0.15) is 0 Å². The molecule has 0 heterocycles. The summed E-state index contributed by atoms with van der Waals surface area (Å²) >= 11 is 0. The van der Waals surface area contributed by atoms with Gasteiger partial charge in [0.25, 0.3) is 0 Å². The second-order valence-corrected chi connectivity index (χ2v) is 1.70. The van der Waals surface area contributed by atoms with Crippen molar-refractivity contribution in [3.63, 3.8) is 0 Å². The molecule has 0 rings (SSSR count). The van der Waals surface area contributed by atoms with Gasteiger partial charge in [-0.1, -0.05) is 0 Å². The van der Waals surface area contributed by atoms with Gasteiger partial charge in [0.2, 0.25) is 0 Å². The van der Waals surface area contributed by atoms with Crippen LogP contribution < -0.4 is 5.32 Å². The third-order valence-electron chi connectivity index (χ3n) is 0.514. The molecule has 0 spiro atoms. The largest absolute Gasteiger partial charge is 0.528 e. The summed E-state index contributed by atoms with van der Waals surface area (Å²) in [6, 6.07) is 0.0750. The zero-order chi connectivity index (χ0) is 6.57. The fraction of sp³-hybridized carbons (Fsp3) is 0.750. The summed E-state index contributed by atoms with van der Waals surface area (Å²) in [5.41, 5.74) is 0. The molecule has 0 aliphatic heterocycles. The van der Waals surface area contributed by atoms with Crippen LogP contribution in [0.15, 0.2) is 0 Å². The van der Waals surface area contributed by atoms with E-state index in [0.29, 0.717) is 0 Å². The van der Waals surface area contributed by atoms with E-state index in [4.69, 9.17) is 0 Å². The number of amides is 1. The normalized spacial score (nSPS) is 8.88. The molecule has 0 saturated heterocycles. The Kier molecular flexibility index (Phi) is 3.07. The number of nitrogens with one attached hydrogen (secondary N) is 1. The predicted octanol–water partition coefficient (Wildman–Crippen LogP) is 0.204. The van der Waals surface area contributed by atoms with E-state index in [-0.39, 0.29) is 6.04 Å². The van der Waals surface area contributed by atoms with Crippen LogP contribution in [0, 0.1) is 0 Å². The molecule has 2 radical (unpaired) electrons. The van der Waals surface area contributed by atoms with Crippen LogP contribution in [0.1, 0.15) is 13.8 Å². The second-order valence-electron chi connectivity index (χ2n) is 1.70. The van der Waals surface area contributed by atoms with Crippen LogP contribution in [-0.2, 0) is 4.65 Å². The molecule has 0 aliphatic carbocycles. The summed E-state index contributed by atoms with van der Waals surface area (Å²) in [5.74, 6) is 0. The fourth-order valence-electron chi connectivity index (χ4n) is 0.270. The topological polar surface area (TPSA) is 38.3 Å². The van der Waals surface area contributed by atoms with Gasteiger partial charge in [-0.25, -0.2) is 4.79 Å². The van der Waals surface area contributed by atoms with Crippen LogP contribution in [0.5, 0.6) is 0 Å². The van der Waals surface area contributed by atoms with E-state index in [0.717, 1.165) is 0 Å². The Labute approximate surface area is 49.8 Å². The zero-order valence-corrected chi connectivity index (χ0v) is 4.97. The average molecular weight is 113 g/mol. The molecule has 0 unspecified atom stereocenters. The first-order valence-corrected chi connectivity index (χ1v) is 2.34. The smallest absolute Gasteiger partial charge is 0.388 e. The Bertz CT molecular complexity index is 84.1. The van der Waals surface area contributed by atoms with Gasteiger partial charge in [-0.15, -0.1) is 0 Å². The van der Waals surface area contributed by atoms with Gasteiger partial charge in [0, 0.05) is 6.04 Å². The lowest BCUT2D eigenvalue weighted by Crippen LogP contribution is -2.29. The molecule has 0 atom stereocenters. The minimum absolute atomic E-state index is 0.0750. The molecule has 8 heavy (non-hydrogen) atoms. The lowest BCUT2D eigenvalue weighted by Gasteiger charge is -2.05. The first-order chi connectivity index (χ1) is 3.66. The van der Waals surface area contributed by atoms with E-state index in [1.54, 1.807) is 0 Å². The van der Waals surface area contributed by atoms with Gasteiger partial charge in [-0.3, -0.25) is 0 Å². The quantitative estimate of drug-likeness (QED) is 0.493. The second kappa shape index (κ2) is 3.35. The van der Waals surface area contributed by atoms with Crippen LogP contribution in [0.2, 0.25) is 0 Å². The van der Waals surface area contributed by atoms with Crippen LogP contribution in [0.25, 0.3) is 0 Å². The molecule has 4 heteroatoms. The molecule has 0 fully saturated rings. The molecule has 0 aromatic rings. The first kappa shape index (κ1) is 7.33. The minimum Gasteiger partial charge on any atom is -0.528 e. The van der Waals surface area contributed by atoms with Gasteiger partial charge in [0.05, 0.1) is 0 Å².